The Bertz CT molecular complexity index is 801. The third kappa shape index (κ3) is 4.04. The van der Waals surface area contributed by atoms with Crippen molar-refractivity contribution in [1.82, 2.24) is 5.32 Å². The Hall–Kier alpha value is -2.48. The number of likely N-dealkylation sites (N-methyl/N-ethyl adjacent to an activating group) is 1. The van der Waals surface area contributed by atoms with Gasteiger partial charge < -0.3 is 5.32 Å². The standard InChI is InChI=1S/C15H14F2N2O3S/c1-18-14(20)9-10-5-7-11(8-6-10)19-23(21,22)15-12(16)3-2-4-13(15)17/h2-8,19H,9H2,1H3,(H,18,20). The van der Waals surface area contributed by atoms with Gasteiger partial charge in [-0.15, -0.1) is 0 Å². The summed E-state index contributed by atoms with van der Waals surface area (Å²) in [5.74, 6) is -2.53. The Labute approximate surface area is 132 Å². The number of hydrogen-bond acceptors (Lipinski definition) is 3. The van der Waals surface area contributed by atoms with Crippen molar-refractivity contribution in [3.63, 3.8) is 0 Å². The maximum absolute atomic E-state index is 13.6. The van der Waals surface area contributed by atoms with E-state index in [9.17, 15) is 22.0 Å². The zero-order valence-electron chi connectivity index (χ0n) is 12.1. The lowest BCUT2D eigenvalue weighted by atomic mass is 10.1. The summed E-state index contributed by atoms with van der Waals surface area (Å²) >= 11 is 0. The molecular weight excluding hydrogens is 326 g/mol. The van der Waals surface area contributed by atoms with Crippen LogP contribution in [0.3, 0.4) is 0 Å². The number of amides is 1. The van der Waals surface area contributed by atoms with Crippen LogP contribution in [0.1, 0.15) is 5.56 Å². The van der Waals surface area contributed by atoms with Crippen molar-refractivity contribution < 1.29 is 22.0 Å². The van der Waals surface area contributed by atoms with E-state index in [2.05, 4.69) is 10.0 Å². The first kappa shape index (κ1) is 16.9. The van der Waals surface area contributed by atoms with Crippen LogP contribution in [-0.2, 0) is 21.2 Å². The molecule has 2 rings (SSSR count). The molecule has 5 nitrogen and oxygen atoms in total. The SMILES string of the molecule is CNC(=O)Cc1ccc(NS(=O)(=O)c2c(F)cccc2F)cc1. The van der Waals surface area contributed by atoms with Gasteiger partial charge in [-0.1, -0.05) is 18.2 Å². The van der Waals surface area contributed by atoms with Crippen molar-refractivity contribution >= 4 is 21.6 Å². The van der Waals surface area contributed by atoms with Crippen molar-refractivity contribution in [3.05, 3.63) is 59.7 Å². The smallest absolute Gasteiger partial charge is 0.267 e. The van der Waals surface area contributed by atoms with Gasteiger partial charge in [-0.05, 0) is 29.8 Å². The molecule has 0 heterocycles. The fourth-order valence-electron chi connectivity index (χ4n) is 1.91. The molecular formula is C15H14F2N2O3S. The lowest BCUT2D eigenvalue weighted by molar-refractivity contribution is -0.119. The first-order valence-electron chi connectivity index (χ1n) is 6.60. The molecule has 8 heteroatoms. The van der Waals surface area contributed by atoms with Gasteiger partial charge in [0, 0.05) is 12.7 Å². The third-order valence-corrected chi connectivity index (χ3v) is 4.47. The van der Waals surface area contributed by atoms with Gasteiger partial charge in [0.05, 0.1) is 6.42 Å². The minimum absolute atomic E-state index is 0.133. The van der Waals surface area contributed by atoms with Gasteiger partial charge in [0.15, 0.2) is 4.90 Å². The van der Waals surface area contributed by atoms with Gasteiger partial charge in [0.1, 0.15) is 11.6 Å². The van der Waals surface area contributed by atoms with Crippen LogP contribution < -0.4 is 10.0 Å². The Morgan fingerprint density at radius 1 is 1.04 bits per heavy atom. The van der Waals surface area contributed by atoms with Crippen LogP contribution in [0.2, 0.25) is 0 Å². The Kier molecular flexibility index (Phi) is 4.95. The third-order valence-electron chi connectivity index (χ3n) is 3.04. The fourth-order valence-corrected chi connectivity index (χ4v) is 3.11. The minimum atomic E-state index is -4.39. The summed E-state index contributed by atoms with van der Waals surface area (Å²) in [4.78, 5) is 10.2. The second-order valence-corrected chi connectivity index (χ2v) is 6.32. The fraction of sp³-hybridized carbons (Fsp3) is 0.133. The Balaban J connectivity index is 2.23. The van der Waals surface area contributed by atoms with Crippen LogP contribution in [0, 0.1) is 11.6 Å². The van der Waals surface area contributed by atoms with E-state index in [0.29, 0.717) is 5.56 Å². The van der Waals surface area contributed by atoms with Gasteiger partial charge in [-0.25, -0.2) is 17.2 Å². The van der Waals surface area contributed by atoms with Crippen molar-refractivity contribution in [3.8, 4) is 0 Å². The summed E-state index contributed by atoms with van der Waals surface area (Å²) in [6.45, 7) is 0. The number of hydrogen-bond donors (Lipinski definition) is 2. The molecule has 0 aliphatic heterocycles. The molecule has 2 N–H and O–H groups in total. The van der Waals surface area contributed by atoms with E-state index >= 15 is 0 Å². The zero-order valence-corrected chi connectivity index (χ0v) is 13.0. The second-order valence-electron chi connectivity index (χ2n) is 4.70. The number of benzene rings is 2. The van der Waals surface area contributed by atoms with Crippen LogP contribution in [0.4, 0.5) is 14.5 Å². The number of anilines is 1. The Morgan fingerprint density at radius 2 is 1.61 bits per heavy atom. The number of halogens is 2. The molecule has 0 aliphatic carbocycles. The van der Waals surface area contributed by atoms with Gasteiger partial charge in [-0.3, -0.25) is 9.52 Å². The lowest BCUT2D eigenvalue weighted by Crippen LogP contribution is -2.20. The van der Waals surface area contributed by atoms with Gasteiger partial charge in [0.25, 0.3) is 10.0 Å². The summed E-state index contributed by atoms with van der Waals surface area (Å²) in [5.41, 5.74) is 0.803. The highest BCUT2D eigenvalue weighted by Gasteiger charge is 2.23. The second kappa shape index (κ2) is 6.74. The summed E-state index contributed by atoms with van der Waals surface area (Å²) in [6.07, 6.45) is 0.144. The summed E-state index contributed by atoms with van der Waals surface area (Å²) in [7, 11) is -2.89. The van der Waals surface area contributed by atoms with Gasteiger partial charge in [-0.2, -0.15) is 0 Å². The van der Waals surface area contributed by atoms with E-state index in [1.54, 1.807) is 12.1 Å². The first-order chi connectivity index (χ1) is 10.8. The molecule has 0 atom stereocenters. The largest absolute Gasteiger partial charge is 0.359 e. The monoisotopic (exact) mass is 340 g/mol. The van der Waals surface area contributed by atoms with Gasteiger partial charge in [0.2, 0.25) is 5.91 Å². The Morgan fingerprint density at radius 3 is 2.13 bits per heavy atom. The molecule has 0 spiro atoms. The maximum Gasteiger partial charge on any atom is 0.267 e. The van der Waals surface area contributed by atoms with Crippen LogP contribution in [0.25, 0.3) is 0 Å². The number of rotatable bonds is 5. The predicted molar refractivity (Wildman–Crippen MR) is 81.4 cm³/mol. The summed E-state index contributed by atoms with van der Waals surface area (Å²) in [5, 5.41) is 2.47. The molecule has 2 aromatic rings. The predicted octanol–water partition coefficient (Wildman–Crippen LogP) is 2.05. The molecule has 0 aromatic heterocycles. The molecule has 0 unspecified atom stereocenters. The first-order valence-corrected chi connectivity index (χ1v) is 8.08. The molecule has 0 bridgehead atoms. The quantitative estimate of drug-likeness (QED) is 0.875. The summed E-state index contributed by atoms with van der Waals surface area (Å²) in [6, 6.07) is 8.73. The molecule has 0 radical (unpaired) electrons. The van der Waals surface area contributed by atoms with Crippen molar-refractivity contribution in [2.45, 2.75) is 11.3 Å². The van der Waals surface area contributed by atoms with Crippen LogP contribution in [0.15, 0.2) is 47.4 Å². The topological polar surface area (TPSA) is 75.3 Å². The number of sulfonamides is 1. The highest BCUT2D eigenvalue weighted by Crippen LogP contribution is 2.22. The van der Waals surface area contributed by atoms with Crippen molar-refractivity contribution in [2.24, 2.45) is 0 Å². The van der Waals surface area contributed by atoms with Crippen LogP contribution in [-0.4, -0.2) is 21.4 Å². The number of carbonyl (C=O) groups excluding carboxylic acids is 1. The molecule has 0 aliphatic rings. The summed E-state index contributed by atoms with van der Waals surface area (Å²) < 4.78 is 53.5. The molecule has 0 fully saturated rings. The number of carbonyl (C=O) groups is 1. The lowest BCUT2D eigenvalue weighted by Gasteiger charge is -2.10. The molecule has 1 amide bonds. The average Bonchev–Trinajstić information content (AvgIpc) is 2.48. The van der Waals surface area contributed by atoms with Gasteiger partial charge >= 0.3 is 0 Å². The van der Waals surface area contributed by atoms with Crippen LogP contribution >= 0.6 is 0 Å². The van der Waals surface area contributed by atoms with Crippen molar-refractivity contribution in [2.75, 3.05) is 11.8 Å². The number of nitrogens with one attached hydrogen (secondary N) is 2. The molecule has 122 valence electrons. The molecule has 0 saturated heterocycles. The maximum atomic E-state index is 13.6. The van der Waals surface area contributed by atoms with E-state index in [-0.39, 0.29) is 18.0 Å². The molecule has 0 saturated carbocycles. The minimum Gasteiger partial charge on any atom is -0.359 e. The van der Waals surface area contributed by atoms with E-state index in [1.165, 1.54) is 19.2 Å². The van der Waals surface area contributed by atoms with Crippen LogP contribution in [0.5, 0.6) is 0 Å². The highest BCUT2D eigenvalue weighted by molar-refractivity contribution is 7.92. The molecule has 2 aromatic carbocycles. The van der Waals surface area contributed by atoms with E-state index in [1.807, 2.05) is 0 Å². The van der Waals surface area contributed by atoms with E-state index in [0.717, 1.165) is 18.2 Å². The van der Waals surface area contributed by atoms with E-state index < -0.39 is 26.6 Å². The van der Waals surface area contributed by atoms with E-state index in [4.69, 9.17) is 0 Å². The highest BCUT2D eigenvalue weighted by atomic mass is 32.2. The molecule has 23 heavy (non-hydrogen) atoms. The van der Waals surface area contributed by atoms with Crippen molar-refractivity contribution in [1.29, 1.82) is 0 Å². The zero-order chi connectivity index (χ0) is 17.0. The average molecular weight is 340 g/mol. The normalized spacial score (nSPS) is 11.1.